The molecule has 0 fully saturated rings. The van der Waals surface area contributed by atoms with Crippen LogP contribution in [0.2, 0.25) is 5.02 Å². The molecule has 0 heterocycles. The molecule has 17 heavy (non-hydrogen) atoms. The molecule has 0 radical (unpaired) electrons. The Kier molecular flexibility index (Phi) is 4.72. The van der Waals surface area contributed by atoms with E-state index >= 15 is 0 Å². The van der Waals surface area contributed by atoms with E-state index in [1.807, 2.05) is 6.92 Å². The van der Waals surface area contributed by atoms with Gasteiger partial charge in [0, 0.05) is 28.7 Å². The SMILES string of the molecule is CC(CC(N)=O)Nc1cc(Cl)ccc1C(N)=S. The predicted octanol–water partition coefficient (Wildman–Crippen LogP) is 1.65. The van der Waals surface area contributed by atoms with Crippen molar-refractivity contribution >= 4 is 40.4 Å². The van der Waals surface area contributed by atoms with Gasteiger partial charge < -0.3 is 16.8 Å². The van der Waals surface area contributed by atoms with Gasteiger partial charge >= 0.3 is 0 Å². The lowest BCUT2D eigenvalue weighted by atomic mass is 10.1. The molecule has 4 nitrogen and oxygen atoms in total. The average molecular weight is 272 g/mol. The van der Waals surface area contributed by atoms with Gasteiger partial charge in [-0.05, 0) is 25.1 Å². The lowest BCUT2D eigenvalue weighted by molar-refractivity contribution is -0.118. The van der Waals surface area contributed by atoms with Crippen molar-refractivity contribution in [1.29, 1.82) is 0 Å². The summed E-state index contributed by atoms with van der Waals surface area (Å²) in [5, 5.41) is 3.68. The fraction of sp³-hybridized carbons (Fsp3) is 0.273. The Labute approximate surface area is 110 Å². The van der Waals surface area contributed by atoms with Crippen LogP contribution in [0.1, 0.15) is 18.9 Å². The van der Waals surface area contributed by atoms with Crippen molar-refractivity contribution in [3.63, 3.8) is 0 Å². The average Bonchev–Trinajstić information content (AvgIpc) is 2.15. The zero-order valence-electron chi connectivity index (χ0n) is 9.37. The van der Waals surface area contributed by atoms with Crippen LogP contribution in [0.4, 0.5) is 5.69 Å². The van der Waals surface area contributed by atoms with Crippen molar-refractivity contribution in [3.05, 3.63) is 28.8 Å². The number of nitrogens with one attached hydrogen (secondary N) is 1. The van der Waals surface area contributed by atoms with E-state index in [0.717, 1.165) is 0 Å². The Hall–Kier alpha value is -1.33. The van der Waals surface area contributed by atoms with Crippen LogP contribution >= 0.6 is 23.8 Å². The molecule has 1 rings (SSSR count). The van der Waals surface area contributed by atoms with Gasteiger partial charge in [-0.3, -0.25) is 4.79 Å². The molecule has 0 saturated heterocycles. The first kappa shape index (κ1) is 13.7. The third kappa shape index (κ3) is 4.20. The van der Waals surface area contributed by atoms with Crippen molar-refractivity contribution in [2.75, 3.05) is 5.32 Å². The molecule has 5 N–H and O–H groups in total. The van der Waals surface area contributed by atoms with Crippen LogP contribution in [-0.4, -0.2) is 16.9 Å². The van der Waals surface area contributed by atoms with Gasteiger partial charge in [0.2, 0.25) is 5.91 Å². The lowest BCUT2D eigenvalue weighted by Crippen LogP contribution is -2.25. The van der Waals surface area contributed by atoms with Gasteiger partial charge in [0.1, 0.15) is 4.99 Å². The molecular weight excluding hydrogens is 258 g/mol. The first-order chi connectivity index (χ1) is 7.90. The minimum absolute atomic E-state index is 0.112. The molecule has 1 aromatic rings. The second kappa shape index (κ2) is 5.84. The Balaban J connectivity index is 2.92. The highest BCUT2D eigenvalue weighted by atomic mass is 35.5. The van der Waals surface area contributed by atoms with Crippen LogP contribution < -0.4 is 16.8 Å². The summed E-state index contributed by atoms with van der Waals surface area (Å²) in [4.78, 5) is 11.1. The second-order valence-electron chi connectivity index (χ2n) is 3.77. The van der Waals surface area contributed by atoms with E-state index in [4.69, 9.17) is 35.3 Å². The second-order valence-corrected chi connectivity index (χ2v) is 4.65. The smallest absolute Gasteiger partial charge is 0.219 e. The number of primary amides is 1. The number of nitrogens with two attached hydrogens (primary N) is 2. The standard InChI is InChI=1S/C11H14ClN3OS/c1-6(4-10(13)16)15-9-5-7(12)2-3-8(9)11(14)17/h2-3,5-6,15H,4H2,1H3,(H2,13,16)(H2,14,17). The number of hydrogen-bond donors (Lipinski definition) is 3. The van der Waals surface area contributed by atoms with E-state index in [0.29, 0.717) is 16.3 Å². The molecule has 1 unspecified atom stereocenters. The van der Waals surface area contributed by atoms with Gasteiger partial charge in [-0.25, -0.2) is 0 Å². The van der Waals surface area contributed by atoms with Gasteiger partial charge in [0.05, 0.1) is 0 Å². The Morgan fingerprint density at radius 1 is 1.53 bits per heavy atom. The van der Waals surface area contributed by atoms with Crippen molar-refractivity contribution in [3.8, 4) is 0 Å². The summed E-state index contributed by atoms with van der Waals surface area (Å²) < 4.78 is 0. The molecular formula is C11H14ClN3OS. The number of thiocarbonyl (C=S) groups is 1. The quantitative estimate of drug-likeness (QED) is 0.712. The van der Waals surface area contributed by atoms with Crippen LogP contribution in [0, 0.1) is 0 Å². The van der Waals surface area contributed by atoms with E-state index in [-0.39, 0.29) is 23.4 Å². The number of halogens is 1. The molecule has 92 valence electrons. The molecule has 0 bridgehead atoms. The zero-order valence-corrected chi connectivity index (χ0v) is 10.9. The maximum atomic E-state index is 10.8. The predicted molar refractivity (Wildman–Crippen MR) is 74.2 cm³/mol. The molecule has 1 amide bonds. The van der Waals surface area contributed by atoms with Crippen LogP contribution in [0.3, 0.4) is 0 Å². The minimum Gasteiger partial charge on any atom is -0.389 e. The molecule has 0 aliphatic rings. The number of carbonyl (C=O) groups excluding carboxylic acids is 1. The maximum Gasteiger partial charge on any atom is 0.219 e. The normalized spacial score (nSPS) is 11.9. The number of hydrogen-bond acceptors (Lipinski definition) is 3. The summed E-state index contributed by atoms with van der Waals surface area (Å²) in [6.45, 7) is 1.84. The highest BCUT2D eigenvalue weighted by molar-refractivity contribution is 7.80. The Bertz CT molecular complexity index is 450. The molecule has 0 spiro atoms. The highest BCUT2D eigenvalue weighted by Crippen LogP contribution is 2.22. The van der Waals surface area contributed by atoms with Crippen molar-refractivity contribution < 1.29 is 4.79 Å². The maximum absolute atomic E-state index is 10.8. The van der Waals surface area contributed by atoms with E-state index in [1.165, 1.54) is 0 Å². The van der Waals surface area contributed by atoms with Gasteiger partial charge in [-0.1, -0.05) is 23.8 Å². The van der Waals surface area contributed by atoms with Crippen LogP contribution in [-0.2, 0) is 4.79 Å². The fourth-order valence-corrected chi connectivity index (χ4v) is 1.82. The number of rotatable bonds is 5. The molecule has 0 aliphatic carbocycles. The van der Waals surface area contributed by atoms with E-state index < -0.39 is 0 Å². The molecule has 0 saturated carbocycles. The van der Waals surface area contributed by atoms with E-state index in [2.05, 4.69) is 5.32 Å². The third-order valence-corrected chi connectivity index (χ3v) is 2.61. The molecule has 0 aromatic heterocycles. The van der Waals surface area contributed by atoms with Crippen LogP contribution in [0.5, 0.6) is 0 Å². The van der Waals surface area contributed by atoms with Crippen molar-refractivity contribution in [2.24, 2.45) is 11.5 Å². The summed E-state index contributed by atoms with van der Waals surface area (Å²) in [7, 11) is 0. The molecule has 0 aliphatic heterocycles. The van der Waals surface area contributed by atoms with Gasteiger partial charge in [0.25, 0.3) is 0 Å². The molecule has 1 aromatic carbocycles. The number of amides is 1. The summed E-state index contributed by atoms with van der Waals surface area (Å²) in [6, 6.07) is 5.05. The summed E-state index contributed by atoms with van der Waals surface area (Å²) in [6.07, 6.45) is 0.225. The number of carbonyl (C=O) groups is 1. The van der Waals surface area contributed by atoms with Crippen molar-refractivity contribution in [1.82, 2.24) is 0 Å². The van der Waals surface area contributed by atoms with E-state index in [1.54, 1.807) is 18.2 Å². The zero-order chi connectivity index (χ0) is 13.0. The van der Waals surface area contributed by atoms with Gasteiger partial charge in [-0.2, -0.15) is 0 Å². The monoisotopic (exact) mass is 271 g/mol. The lowest BCUT2D eigenvalue weighted by Gasteiger charge is -2.16. The van der Waals surface area contributed by atoms with E-state index in [9.17, 15) is 4.79 Å². The van der Waals surface area contributed by atoms with Gasteiger partial charge in [-0.15, -0.1) is 0 Å². The first-order valence-electron chi connectivity index (χ1n) is 5.04. The molecule has 6 heteroatoms. The largest absolute Gasteiger partial charge is 0.389 e. The third-order valence-electron chi connectivity index (χ3n) is 2.16. The Morgan fingerprint density at radius 2 is 2.18 bits per heavy atom. The van der Waals surface area contributed by atoms with Crippen molar-refractivity contribution in [2.45, 2.75) is 19.4 Å². The van der Waals surface area contributed by atoms with Crippen LogP contribution in [0.15, 0.2) is 18.2 Å². The minimum atomic E-state index is -0.371. The Morgan fingerprint density at radius 3 is 2.71 bits per heavy atom. The summed E-state index contributed by atoms with van der Waals surface area (Å²) >= 11 is 10.8. The fourth-order valence-electron chi connectivity index (χ4n) is 1.47. The molecule has 1 atom stereocenters. The first-order valence-corrected chi connectivity index (χ1v) is 5.83. The number of anilines is 1. The summed E-state index contributed by atoms with van der Waals surface area (Å²) in [5.41, 5.74) is 12.1. The van der Waals surface area contributed by atoms with Gasteiger partial charge in [0.15, 0.2) is 0 Å². The summed E-state index contributed by atoms with van der Waals surface area (Å²) in [5.74, 6) is -0.371. The topological polar surface area (TPSA) is 81.1 Å². The van der Waals surface area contributed by atoms with Crippen LogP contribution in [0.25, 0.3) is 0 Å². The number of benzene rings is 1. The highest BCUT2D eigenvalue weighted by Gasteiger charge is 2.10.